The van der Waals surface area contributed by atoms with Crippen LogP contribution in [-0.4, -0.2) is 50.1 Å². The summed E-state index contributed by atoms with van der Waals surface area (Å²) in [4.78, 5) is 6.75. The fourth-order valence-electron chi connectivity index (χ4n) is 4.87. The molecule has 2 atom stereocenters. The van der Waals surface area contributed by atoms with Gasteiger partial charge in [0.2, 0.25) is 0 Å². The van der Waals surface area contributed by atoms with Crippen LogP contribution in [0.15, 0.2) is 67.1 Å². The zero-order valence-electron chi connectivity index (χ0n) is 17.4. The van der Waals surface area contributed by atoms with Gasteiger partial charge >= 0.3 is 0 Å². The lowest BCUT2D eigenvalue weighted by atomic mass is 10.1. The standard InChI is InChI=1S/C25H23FN4O2/c26-20-3-1-16(2-4-20)17-10-23-25-27-7-8-30(25)22-6-5-21(9-18(22)12-29(23)11-17)28-13-19(15-31)24(32)14-28/h1-11,19,24,31-32H,12-15H2/t19-,24+/m1/s1. The van der Waals surface area contributed by atoms with Crippen molar-refractivity contribution in [2.75, 3.05) is 24.6 Å². The Bertz CT molecular complexity index is 1290. The largest absolute Gasteiger partial charge is 0.396 e. The van der Waals surface area contributed by atoms with Gasteiger partial charge in [-0.2, -0.15) is 0 Å². The number of hydrogen-bond donors (Lipinski definition) is 2. The van der Waals surface area contributed by atoms with Crippen molar-refractivity contribution < 1.29 is 14.6 Å². The first-order valence-electron chi connectivity index (χ1n) is 10.8. The highest BCUT2D eigenvalue weighted by Gasteiger charge is 2.31. The molecule has 0 unspecified atom stereocenters. The monoisotopic (exact) mass is 430 g/mol. The quantitative estimate of drug-likeness (QED) is 0.461. The SMILES string of the molecule is OC[C@H]1CN(c2ccc3c(c2)Cn2cc(-c4ccc(F)cc4)cc2-c2nccn2-3)C[C@@H]1O. The van der Waals surface area contributed by atoms with Crippen molar-refractivity contribution in [3.05, 3.63) is 78.5 Å². The highest BCUT2D eigenvalue weighted by Crippen LogP contribution is 2.36. The minimum absolute atomic E-state index is 0.0140. The maximum Gasteiger partial charge on any atom is 0.161 e. The van der Waals surface area contributed by atoms with Crippen LogP contribution in [0.2, 0.25) is 0 Å². The molecular formula is C25H23FN4O2. The van der Waals surface area contributed by atoms with Crippen molar-refractivity contribution in [1.29, 1.82) is 0 Å². The molecule has 0 radical (unpaired) electrons. The molecule has 7 heteroatoms. The maximum atomic E-state index is 13.4. The van der Waals surface area contributed by atoms with Crippen LogP contribution in [-0.2, 0) is 6.54 Å². The van der Waals surface area contributed by atoms with Gasteiger partial charge in [0.1, 0.15) is 5.82 Å². The number of rotatable bonds is 3. The average molecular weight is 430 g/mol. The first-order valence-corrected chi connectivity index (χ1v) is 10.8. The van der Waals surface area contributed by atoms with Gasteiger partial charge in [0.25, 0.3) is 0 Å². The average Bonchev–Trinajstić information content (AvgIpc) is 3.51. The number of fused-ring (bicyclic) bond motifs is 5. The summed E-state index contributed by atoms with van der Waals surface area (Å²) < 4.78 is 17.7. The highest BCUT2D eigenvalue weighted by atomic mass is 19.1. The Balaban J connectivity index is 1.42. The predicted molar refractivity (Wildman–Crippen MR) is 120 cm³/mol. The maximum absolute atomic E-state index is 13.4. The summed E-state index contributed by atoms with van der Waals surface area (Å²) >= 11 is 0. The lowest BCUT2D eigenvalue weighted by Crippen LogP contribution is -2.21. The molecule has 0 saturated carbocycles. The van der Waals surface area contributed by atoms with Crippen molar-refractivity contribution in [2.45, 2.75) is 12.6 Å². The zero-order valence-corrected chi connectivity index (χ0v) is 17.4. The van der Waals surface area contributed by atoms with E-state index in [2.05, 4.69) is 49.5 Å². The fraction of sp³-hybridized carbons (Fsp3) is 0.240. The van der Waals surface area contributed by atoms with Crippen LogP contribution in [0.4, 0.5) is 10.1 Å². The van der Waals surface area contributed by atoms with E-state index in [0.717, 1.165) is 39.6 Å². The molecule has 2 aromatic heterocycles. The second kappa shape index (κ2) is 7.32. The van der Waals surface area contributed by atoms with E-state index in [9.17, 15) is 14.6 Å². The first kappa shape index (κ1) is 19.3. The van der Waals surface area contributed by atoms with E-state index in [4.69, 9.17) is 0 Å². The predicted octanol–water partition coefficient (Wildman–Crippen LogP) is 3.30. The van der Waals surface area contributed by atoms with Gasteiger partial charge in [0.15, 0.2) is 5.82 Å². The van der Waals surface area contributed by atoms with Crippen LogP contribution in [0.3, 0.4) is 0 Å². The van der Waals surface area contributed by atoms with Crippen molar-refractivity contribution in [3.8, 4) is 28.3 Å². The highest BCUT2D eigenvalue weighted by molar-refractivity contribution is 5.72. The van der Waals surface area contributed by atoms with E-state index < -0.39 is 6.10 Å². The molecule has 2 aliphatic heterocycles. The first-order chi connectivity index (χ1) is 15.6. The Morgan fingerprint density at radius 2 is 1.88 bits per heavy atom. The van der Waals surface area contributed by atoms with E-state index in [1.54, 1.807) is 18.3 Å². The van der Waals surface area contributed by atoms with Gasteiger partial charge in [-0.3, -0.25) is 4.57 Å². The van der Waals surface area contributed by atoms with Crippen molar-refractivity contribution in [1.82, 2.24) is 14.1 Å². The normalized spacial score (nSPS) is 19.4. The number of imidazole rings is 1. The van der Waals surface area contributed by atoms with Gasteiger partial charge in [-0.05, 0) is 47.5 Å². The molecule has 2 aromatic carbocycles. The second-order valence-corrected chi connectivity index (χ2v) is 8.60. The molecule has 1 fully saturated rings. The number of β-amino-alcohol motifs (C(OH)–C–C–N with tert-alkyl or cyclic N) is 1. The van der Waals surface area contributed by atoms with E-state index in [1.165, 1.54) is 12.1 Å². The van der Waals surface area contributed by atoms with Crippen LogP contribution < -0.4 is 4.90 Å². The fourth-order valence-corrected chi connectivity index (χ4v) is 4.87. The Kier molecular flexibility index (Phi) is 4.41. The lowest BCUT2D eigenvalue weighted by Gasteiger charge is -2.20. The molecule has 0 spiro atoms. The van der Waals surface area contributed by atoms with E-state index in [1.807, 2.05) is 6.20 Å². The summed E-state index contributed by atoms with van der Waals surface area (Å²) in [5, 5.41) is 19.7. The Morgan fingerprint density at radius 1 is 1.03 bits per heavy atom. The molecule has 6 nitrogen and oxygen atoms in total. The van der Waals surface area contributed by atoms with Crippen molar-refractivity contribution in [2.24, 2.45) is 5.92 Å². The van der Waals surface area contributed by atoms with E-state index in [-0.39, 0.29) is 18.3 Å². The summed E-state index contributed by atoms with van der Waals surface area (Å²) in [6.45, 7) is 1.81. The van der Waals surface area contributed by atoms with Crippen molar-refractivity contribution >= 4 is 5.69 Å². The molecular weight excluding hydrogens is 407 g/mol. The molecule has 4 heterocycles. The Morgan fingerprint density at radius 3 is 2.66 bits per heavy atom. The van der Waals surface area contributed by atoms with Gasteiger partial charge in [0.05, 0.1) is 24.1 Å². The van der Waals surface area contributed by atoms with E-state index >= 15 is 0 Å². The van der Waals surface area contributed by atoms with Crippen LogP contribution in [0.1, 0.15) is 5.56 Å². The molecule has 0 aliphatic carbocycles. The topological polar surface area (TPSA) is 66.5 Å². The van der Waals surface area contributed by atoms with Gasteiger partial charge in [-0.15, -0.1) is 0 Å². The molecule has 32 heavy (non-hydrogen) atoms. The molecule has 1 saturated heterocycles. The summed E-state index contributed by atoms with van der Waals surface area (Å²) in [5.74, 6) is 0.493. The summed E-state index contributed by atoms with van der Waals surface area (Å²) in [6.07, 6.45) is 5.34. The summed E-state index contributed by atoms with van der Waals surface area (Å²) in [7, 11) is 0. The van der Waals surface area contributed by atoms with E-state index in [0.29, 0.717) is 19.6 Å². The number of aliphatic hydroxyl groups is 2. The van der Waals surface area contributed by atoms with Gasteiger partial charge < -0.3 is 19.7 Å². The summed E-state index contributed by atoms with van der Waals surface area (Å²) in [6, 6.07) is 15.0. The second-order valence-electron chi connectivity index (χ2n) is 8.60. The van der Waals surface area contributed by atoms with Crippen LogP contribution >= 0.6 is 0 Å². The third-order valence-corrected chi connectivity index (χ3v) is 6.61. The lowest BCUT2D eigenvalue weighted by molar-refractivity contribution is 0.104. The minimum Gasteiger partial charge on any atom is -0.396 e. The molecule has 4 aromatic rings. The number of anilines is 1. The molecule has 2 N–H and O–H groups in total. The number of hydrogen-bond acceptors (Lipinski definition) is 4. The van der Waals surface area contributed by atoms with Crippen molar-refractivity contribution in [3.63, 3.8) is 0 Å². The molecule has 2 aliphatic rings. The number of nitrogens with zero attached hydrogens (tertiary/aromatic N) is 4. The number of aromatic nitrogens is 3. The zero-order chi connectivity index (χ0) is 21.8. The van der Waals surface area contributed by atoms with Crippen LogP contribution in [0.5, 0.6) is 0 Å². The van der Waals surface area contributed by atoms with Gasteiger partial charge in [0, 0.05) is 55.4 Å². The van der Waals surface area contributed by atoms with Crippen LogP contribution in [0, 0.1) is 11.7 Å². The third kappa shape index (κ3) is 3.04. The molecule has 0 amide bonds. The Labute approximate surface area is 184 Å². The number of aliphatic hydroxyl groups excluding tert-OH is 2. The smallest absolute Gasteiger partial charge is 0.161 e. The van der Waals surface area contributed by atoms with Gasteiger partial charge in [-0.25, -0.2) is 9.37 Å². The van der Waals surface area contributed by atoms with Crippen LogP contribution in [0.25, 0.3) is 28.3 Å². The number of halogens is 1. The third-order valence-electron chi connectivity index (χ3n) is 6.61. The Hall–Kier alpha value is -3.42. The number of benzene rings is 2. The molecule has 6 rings (SSSR count). The molecule has 0 bridgehead atoms. The molecule has 162 valence electrons. The minimum atomic E-state index is -0.520. The van der Waals surface area contributed by atoms with Gasteiger partial charge in [-0.1, -0.05) is 12.1 Å². The summed E-state index contributed by atoms with van der Waals surface area (Å²) in [5.41, 5.74) is 6.23.